The van der Waals surface area contributed by atoms with Crippen LogP contribution >= 0.6 is 0 Å². The van der Waals surface area contributed by atoms with Crippen LogP contribution in [0.5, 0.6) is 0 Å². The second-order valence-electron chi connectivity index (χ2n) is 4.40. The first-order valence-corrected chi connectivity index (χ1v) is 6.17. The van der Waals surface area contributed by atoms with Gasteiger partial charge in [-0.2, -0.15) is 5.10 Å². The van der Waals surface area contributed by atoms with Crippen molar-refractivity contribution in [3.05, 3.63) is 53.3 Å². The van der Waals surface area contributed by atoms with E-state index in [9.17, 15) is 13.9 Å². The van der Waals surface area contributed by atoms with Crippen LogP contribution in [0.1, 0.15) is 36.1 Å². The molecule has 1 unspecified atom stereocenters. The van der Waals surface area contributed by atoms with Crippen molar-refractivity contribution in [3.8, 4) is 0 Å². The van der Waals surface area contributed by atoms with Gasteiger partial charge in [-0.15, -0.1) is 0 Å². The topological polar surface area (TPSA) is 38.0 Å². The molecule has 0 aliphatic rings. The summed E-state index contributed by atoms with van der Waals surface area (Å²) in [4.78, 5) is 0. The maximum Gasteiger partial charge on any atom is 0.263 e. The number of aliphatic hydroxyl groups is 1. The van der Waals surface area contributed by atoms with Crippen molar-refractivity contribution in [2.24, 2.45) is 0 Å². The van der Waals surface area contributed by atoms with Gasteiger partial charge in [0.15, 0.2) is 0 Å². The zero-order valence-corrected chi connectivity index (χ0v) is 10.6. The molecule has 1 aromatic carbocycles. The highest BCUT2D eigenvalue weighted by molar-refractivity contribution is 5.27. The van der Waals surface area contributed by atoms with E-state index in [0.29, 0.717) is 12.0 Å². The third-order valence-electron chi connectivity index (χ3n) is 2.99. The minimum Gasteiger partial charge on any atom is -0.388 e. The first kappa shape index (κ1) is 13.7. The van der Waals surface area contributed by atoms with E-state index < -0.39 is 12.5 Å². The number of hydrogen-bond acceptors (Lipinski definition) is 2. The highest BCUT2D eigenvalue weighted by Crippen LogP contribution is 2.24. The Hall–Kier alpha value is -1.75. The van der Waals surface area contributed by atoms with Crippen LogP contribution in [0.4, 0.5) is 8.78 Å². The molecule has 5 heteroatoms. The Balaban J connectivity index is 2.10. The molecule has 19 heavy (non-hydrogen) atoms. The molecule has 0 saturated heterocycles. The summed E-state index contributed by atoms with van der Waals surface area (Å²) >= 11 is 0. The van der Waals surface area contributed by atoms with E-state index in [1.54, 1.807) is 16.9 Å². The molecule has 0 aliphatic heterocycles. The van der Waals surface area contributed by atoms with Crippen molar-refractivity contribution in [2.45, 2.75) is 32.4 Å². The average Bonchev–Trinajstić information content (AvgIpc) is 2.86. The van der Waals surface area contributed by atoms with E-state index in [0.717, 1.165) is 12.1 Å². The van der Waals surface area contributed by atoms with Crippen molar-refractivity contribution < 1.29 is 13.9 Å². The van der Waals surface area contributed by atoms with Gasteiger partial charge in [-0.05, 0) is 24.1 Å². The second kappa shape index (κ2) is 5.93. The Bertz CT molecular complexity index is 540. The number of halogens is 2. The Kier molecular flexibility index (Phi) is 4.27. The number of nitrogens with zero attached hydrogens (tertiary/aromatic N) is 2. The first-order chi connectivity index (χ1) is 9.10. The van der Waals surface area contributed by atoms with Crippen LogP contribution in [-0.2, 0) is 13.0 Å². The lowest BCUT2D eigenvalue weighted by molar-refractivity contribution is 0.149. The highest BCUT2D eigenvalue weighted by atomic mass is 19.3. The van der Waals surface area contributed by atoms with Gasteiger partial charge in [-0.25, -0.2) is 8.78 Å². The van der Waals surface area contributed by atoms with Gasteiger partial charge in [-0.1, -0.05) is 18.2 Å². The quantitative estimate of drug-likeness (QED) is 0.903. The Morgan fingerprint density at radius 3 is 2.68 bits per heavy atom. The predicted molar refractivity (Wildman–Crippen MR) is 68.0 cm³/mol. The standard InChI is InChI=1S/C14H16F2N2O/c1-2-18-9-10(8-17-18)6-13(19)11-4-3-5-12(7-11)14(15)16/h3-5,7-9,13-14,19H,2,6H2,1H3. The van der Waals surface area contributed by atoms with Crippen molar-refractivity contribution >= 4 is 0 Å². The Morgan fingerprint density at radius 2 is 2.05 bits per heavy atom. The molecule has 0 bridgehead atoms. The molecule has 2 rings (SSSR count). The molecule has 0 radical (unpaired) electrons. The van der Waals surface area contributed by atoms with Crippen LogP contribution in [0.3, 0.4) is 0 Å². The molecule has 1 N–H and O–H groups in total. The molecule has 102 valence electrons. The molecule has 0 spiro atoms. The van der Waals surface area contributed by atoms with Gasteiger partial charge < -0.3 is 5.11 Å². The molecule has 0 saturated carbocycles. The van der Waals surface area contributed by atoms with Crippen LogP contribution in [-0.4, -0.2) is 14.9 Å². The molecule has 3 nitrogen and oxygen atoms in total. The maximum absolute atomic E-state index is 12.6. The third-order valence-corrected chi connectivity index (χ3v) is 2.99. The minimum absolute atomic E-state index is 0.0687. The molecule has 0 fully saturated rings. The molecule has 0 amide bonds. The van der Waals surface area contributed by atoms with E-state index in [-0.39, 0.29) is 5.56 Å². The van der Waals surface area contributed by atoms with E-state index in [2.05, 4.69) is 5.10 Å². The summed E-state index contributed by atoms with van der Waals surface area (Å²) in [7, 11) is 0. The van der Waals surface area contributed by atoms with Crippen LogP contribution in [0.15, 0.2) is 36.7 Å². The van der Waals surface area contributed by atoms with Crippen LogP contribution in [0, 0.1) is 0 Å². The summed E-state index contributed by atoms with van der Waals surface area (Å²) in [5.41, 5.74) is 1.32. The Labute approximate surface area is 110 Å². The zero-order chi connectivity index (χ0) is 13.8. The summed E-state index contributed by atoms with van der Waals surface area (Å²) in [6.45, 7) is 2.73. The summed E-state index contributed by atoms with van der Waals surface area (Å²) in [6.07, 6.45) is 0.583. The largest absolute Gasteiger partial charge is 0.388 e. The normalized spacial score (nSPS) is 12.9. The van der Waals surface area contributed by atoms with Crippen LogP contribution < -0.4 is 0 Å². The molecule has 1 aromatic heterocycles. The van der Waals surface area contributed by atoms with Crippen molar-refractivity contribution in [1.29, 1.82) is 0 Å². The minimum atomic E-state index is -2.52. The average molecular weight is 266 g/mol. The molecule has 1 heterocycles. The number of hydrogen-bond donors (Lipinski definition) is 1. The number of rotatable bonds is 5. The van der Waals surface area contributed by atoms with E-state index in [1.807, 2.05) is 13.1 Å². The number of aromatic nitrogens is 2. The number of aliphatic hydroxyl groups excluding tert-OH is 1. The van der Waals surface area contributed by atoms with Crippen molar-refractivity contribution in [3.63, 3.8) is 0 Å². The van der Waals surface area contributed by atoms with Gasteiger partial charge in [0, 0.05) is 24.7 Å². The third kappa shape index (κ3) is 3.38. The number of benzene rings is 1. The molecular weight excluding hydrogens is 250 g/mol. The molecule has 2 aromatic rings. The SMILES string of the molecule is CCn1cc(CC(O)c2cccc(C(F)F)c2)cn1. The van der Waals surface area contributed by atoms with E-state index in [1.165, 1.54) is 18.2 Å². The summed E-state index contributed by atoms with van der Waals surface area (Å²) in [6, 6.07) is 5.89. The van der Waals surface area contributed by atoms with Gasteiger partial charge in [0.2, 0.25) is 0 Å². The maximum atomic E-state index is 12.6. The number of alkyl halides is 2. The zero-order valence-electron chi connectivity index (χ0n) is 10.6. The lowest BCUT2D eigenvalue weighted by Crippen LogP contribution is -2.02. The molecule has 0 aliphatic carbocycles. The van der Waals surface area contributed by atoms with E-state index in [4.69, 9.17) is 0 Å². The lowest BCUT2D eigenvalue weighted by Gasteiger charge is -2.11. The molecule has 1 atom stereocenters. The summed E-state index contributed by atoms with van der Waals surface area (Å²) < 4.78 is 26.9. The van der Waals surface area contributed by atoms with Crippen LogP contribution in [0.25, 0.3) is 0 Å². The smallest absolute Gasteiger partial charge is 0.263 e. The van der Waals surface area contributed by atoms with Gasteiger partial charge >= 0.3 is 0 Å². The number of aryl methyl sites for hydroxylation is 1. The summed E-state index contributed by atoms with van der Waals surface area (Å²) in [5.74, 6) is 0. The van der Waals surface area contributed by atoms with Crippen molar-refractivity contribution in [2.75, 3.05) is 0 Å². The second-order valence-corrected chi connectivity index (χ2v) is 4.40. The first-order valence-electron chi connectivity index (χ1n) is 6.17. The highest BCUT2D eigenvalue weighted by Gasteiger charge is 2.13. The monoisotopic (exact) mass is 266 g/mol. The van der Waals surface area contributed by atoms with Gasteiger partial charge in [0.25, 0.3) is 6.43 Å². The summed E-state index contributed by atoms with van der Waals surface area (Å²) in [5, 5.41) is 14.2. The fourth-order valence-corrected chi connectivity index (χ4v) is 1.93. The molecular formula is C14H16F2N2O. The Morgan fingerprint density at radius 1 is 1.32 bits per heavy atom. The van der Waals surface area contributed by atoms with Gasteiger partial charge in [0.05, 0.1) is 12.3 Å². The van der Waals surface area contributed by atoms with Crippen LogP contribution in [0.2, 0.25) is 0 Å². The van der Waals surface area contributed by atoms with Gasteiger partial charge in [0.1, 0.15) is 0 Å². The van der Waals surface area contributed by atoms with E-state index >= 15 is 0 Å². The lowest BCUT2D eigenvalue weighted by atomic mass is 10.0. The predicted octanol–water partition coefficient (Wildman–Crippen LogP) is 3.12. The fourth-order valence-electron chi connectivity index (χ4n) is 1.93. The fraction of sp³-hybridized carbons (Fsp3) is 0.357. The van der Waals surface area contributed by atoms with Gasteiger partial charge in [-0.3, -0.25) is 4.68 Å². The van der Waals surface area contributed by atoms with Crippen molar-refractivity contribution in [1.82, 2.24) is 9.78 Å².